The highest BCUT2D eigenvalue weighted by Crippen LogP contribution is 2.21. The first-order valence-corrected chi connectivity index (χ1v) is 13.3. The highest BCUT2D eigenvalue weighted by molar-refractivity contribution is 7.87. The molecule has 0 aliphatic carbocycles. The number of carbonyl (C=O) groups excluding carboxylic acids is 2. The fourth-order valence-corrected chi connectivity index (χ4v) is 4.32. The Morgan fingerprint density at radius 3 is 2.14 bits per heavy atom. The quantitative estimate of drug-likeness (QED) is 0.283. The van der Waals surface area contributed by atoms with Gasteiger partial charge < -0.3 is 19.0 Å². The van der Waals surface area contributed by atoms with Gasteiger partial charge in [0.15, 0.2) is 0 Å². The van der Waals surface area contributed by atoms with Crippen molar-refractivity contribution in [3.05, 3.63) is 95.6 Å². The van der Waals surface area contributed by atoms with E-state index in [1.807, 2.05) is 37.3 Å². The lowest BCUT2D eigenvalue weighted by atomic mass is 9.99. The number of amides is 1. The van der Waals surface area contributed by atoms with Gasteiger partial charge in [-0.25, -0.2) is 4.79 Å². The zero-order valence-corrected chi connectivity index (χ0v) is 21.9. The summed E-state index contributed by atoms with van der Waals surface area (Å²) in [5, 5.41) is 2.63. The second-order valence-electron chi connectivity index (χ2n) is 8.82. The van der Waals surface area contributed by atoms with Gasteiger partial charge in [-0.1, -0.05) is 60.2 Å². The molecule has 0 heterocycles. The summed E-state index contributed by atoms with van der Waals surface area (Å²) in [6.45, 7) is 5.48. The topological polar surface area (TPSA) is 108 Å². The molecule has 3 aromatic carbocycles. The minimum Gasteiger partial charge on any atom is -0.463 e. The first-order valence-electron chi connectivity index (χ1n) is 11.9. The van der Waals surface area contributed by atoms with Gasteiger partial charge in [0, 0.05) is 6.54 Å². The van der Waals surface area contributed by atoms with Crippen LogP contribution in [0.15, 0.2) is 83.8 Å². The van der Waals surface area contributed by atoms with Crippen molar-refractivity contribution in [1.29, 1.82) is 0 Å². The van der Waals surface area contributed by atoms with Crippen molar-refractivity contribution >= 4 is 22.2 Å². The maximum absolute atomic E-state index is 12.7. The van der Waals surface area contributed by atoms with Crippen molar-refractivity contribution in [1.82, 2.24) is 5.32 Å². The molecule has 1 amide bonds. The summed E-state index contributed by atoms with van der Waals surface area (Å²) >= 11 is 0. The number of rotatable bonds is 11. The Labute approximate surface area is 217 Å². The summed E-state index contributed by atoms with van der Waals surface area (Å²) in [7, 11) is -3.97. The smallest absolute Gasteiger partial charge is 0.407 e. The molecule has 8 nitrogen and oxygen atoms in total. The maximum atomic E-state index is 12.7. The largest absolute Gasteiger partial charge is 0.463 e. The number of ether oxygens (including phenoxy) is 2. The van der Waals surface area contributed by atoms with E-state index in [0.717, 1.165) is 16.7 Å². The lowest BCUT2D eigenvalue weighted by Crippen LogP contribution is -2.36. The minimum atomic E-state index is -3.97. The van der Waals surface area contributed by atoms with E-state index in [9.17, 15) is 18.0 Å². The average Bonchev–Trinajstić information content (AvgIpc) is 2.86. The monoisotopic (exact) mass is 525 g/mol. The number of hydrogen-bond donors (Lipinski definition) is 1. The highest BCUT2D eigenvalue weighted by Gasteiger charge is 2.23. The van der Waals surface area contributed by atoms with Crippen LogP contribution in [0.25, 0.3) is 0 Å². The predicted molar refractivity (Wildman–Crippen MR) is 138 cm³/mol. The van der Waals surface area contributed by atoms with Crippen LogP contribution in [-0.2, 0) is 37.4 Å². The third kappa shape index (κ3) is 8.95. The lowest BCUT2D eigenvalue weighted by Gasteiger charge is -2.18. The van der Waals surface area contributed by atoms with E-state index in [1.165, 1.54) is 24.3 Å². The predicted octanol–water partition coefficient (Wildman–Crippen LogP) is 4.80. The number of esters is 1. The second kappa shape index (κ2) is 12.9. The minimum absolute atomic E-state index is 0.0131. The molecule has 0 saturated carbocycles. The van der Waals surface area contributed by atoms with Crippen molar-refractivity contribution in [2.75, 3.05) is 6.54 Å². The van der Waals surface area contributed by atoms with Crippen LogP contribution in [0.1, 0.15) is 30.5 Å². The molecule has 1 N–H and O–H groups in total. The van der Waals surface area contributed by atoms with Gasteiger partial charge in [-0.2, -0.15) is 8.42 Å². The first-order chi connectivity index (χ1) is 17.6. The van der Waals surface area contributed by atoms with Gasteiger partial charge in [0.2, 0.25) is 0 Å². The third-order valence-electron chi connectivity index (χ3n) is 5.31. The molecule has 1 atom stereocenters. The van der Waals surface area contributed by atoms with E-state index in [4.69, 9.17) is 13.7 Å². The van der Waals surface area contributed by atoms with Gasteiger partial charge in [-0.3, -0.25) is 4.79 Å². The highest BCUT2D eigenvalue weighted by atomic mass is 32.2. The molecule has 1 unspecified atom stereocenters. The molecule has 0 spiro atoms. The van der Waals surface area contributed by atoms with Crippen molar-refractivity contribution < 1.29 is 31.7 Å². The van der Waals surface area contributed by atoms with Crippen LogP contribution in [0.5, 0.6) is 5.75 Å². The summed E-state index contributed by atoms with van der Waals surface area (Å²) < 4.78 is 40.9. The number of nitrogens with one attached hydrogen (secondary N) is 1. The second-order valence-corrected chi connectivity index (χ2v) is 10.4. The molecule has 3 aromatic rings. The van der Waals surface area contributed by atoms with Gasteiger partial charge in [-0.15, -0.1) is 0 Å². The number of alkyl carbamates (subject to hydrolysis) is 1. The summed E-state index contributed by atoms with van der Waals surface area (Å²) in [4.78, 5) is 24.9. The van der Waals surface area contributed by atoms with Crippen LogP contribution < -0.4 is 9.50 Å². The average molecular weight is 526 g/mol. The number of benzene rings is 3. The lowest BCUT2D eigenvalue weighted by molar-refractivity contribution is -0.152. The standard InChI is InChI=1S/C28H31NO7S/c1-20(2)35-27(30)24(18-29-28(31)34-19-23-7-5-4-6-8-23)17-22-11-13-25(14-12-22)36-37(32,33)26-15-9-21(3)10-16-26/h4-16,20,24H,17-19H2,1-3H3,(H,29,31). The van der Waals surface area contributed by atoms with Gasteiger partial charge >= 0.3 is 22.2 Å². The van der Waals surface area contributed by atoms with E-state index >= 15 is 0 Å². The Kier molecular flexibility index (Phi) is 9.68. The van der Waals surface area contributed by atoms with E-state index < -0.39 is 28.1 Å². The van der Waals surface area contributed by atoms with Gasteiger partial charge in [0.25, 0.3) is 0 Å². The molecule has 37 heavy (non-hydrogen) atoms. The summed E-state index contributed by atoms with van der Waals surface area (Å²) in [6, 6.07) is 22.0. The van der Waals surface area contributed by atoms with Crippen molar-refractivity contribution in [2.45, 2.75) is 44.8 Å². The van der Waals surface area contributed by atoms with Crippen LogP contribution in [0.2, 0.25) is 0 Å². The van der Waals surface area contributed by atoms with E-state index in [0.29, 0.717) is 0 Å². The molecule has 0 aliphatic heterocycles. The van der Waals surface area contributed by atoms with Crippen LogP contribution in [0.4, 0.5) is 4.79 Å². The number of carbonyl (C=O) groups is 2. The number of aryl methyl sites for hydroxylation is 1. The van der Waals surface area contributed by atoms with Gasteiger partial charge in [0.1, 0.15) is 17.3 Å². The van der Waals surface area contributed by atoms with Crippen molar-refractivity contribution in [3.8, 4) is 5.75 Å². The molecular weight excluding hydrogens is 494 g/mol. The summed E-state index contributed by atoms with van der Waals surface area (Å²) in [5.74, 6) is -0.983. The zero-order chi connectivity index (χ0) is 26.8. The Hall–Kier alpha value is -3.85. The van der Waals surface area contributed by atoms with Crippen LogP contribution in [-0.4, -0.2) is 33.1 Å². The molecule has 0 fully saturated rings. The van der Waals surface area contributed by atoms with Gasteiger partial charge in [0.05, 0.1) is 12.0 Å². The maximum Gasteiger partial charge on any atom is 0.407 e. The van der Waals surface area contributed by atoms with E-state index in [1.54, 1.807) is 38.1 Å². The Morgan fingerprint density at radius 1 is 0.865 bits per heavy atom. The third-order valence-corrected chi connectivity index (χ3v) is 6.57. The van der Waals surface area contributed by atoms with Crippen LogP contribution in [0, 0.1) is 12.8 Å². The van der Waals surface area contributed by atoms with Crippen LogP contribution >= 0.6 is 0 Å². The molecule has 196 valence electrons. The van der Waals surface area contributed by atoms with E-state index in [-0.39, 0.29) is 36.3 Å². The molecule has 0 aliphatic rings. The number of hydrogen-bond acceptors (Lipinski definition) is 7. The van der Waals surface area contributed by atoms with Crippen LogP contribution in [0.3, 0.4) is 0 Å². The molecule has 0 saturated heterocycles. The molecule has 0 aromatic heterocycles. The first kappa shape index (κ1) is 27.7. The molecule has 0 radical (unpaired) electrons. The molecular formula is C28H31NO7S. The van der Waals surface area contributed by atoms with Crippen molar-refractivity contribution in [2.24, 2.45) is 5.92 Å². The normalized spacial score (nSPS) is 12.0. The molecule has 0 bridgehead atoms. The van der Waals surface area contributed by atoms with Crippen molar-refractivity contribution in [3.63, 3.8) is 0 Å². The summed E-state index contributed by atoms with van der Waals surface area (Å²) in [5.41, 5.74) is 2.53. The Balaban J connectivity index is 1.61. The Bertz CT molecular complexity index is 1270. The molecule has 3 rings (SSSR count). The SMILES string of the molecule is Cc1ccc(S(=O)(=O)Oc2ccc(CC(CNC(=O)OCc3ccccc3)C(=O)OC(C)C)cc2)cc1. The fourth-order valence-electron chi connectivity index (χ4n) is 3.39. The molecule has 9 heteroatoms. The van der Waals surface area contributed by atoms with Gasteiger partial charge in [-0.05, 0) is 62.6 Å². The zero-order valence-electron chi connectivity index (χ0n) is 21.0. The fraction of sp³-hybridized carbons (Fsp3) is 0.286. The van der Waals surface area contributed by atoms with E-state index in [2.05, 4.69) is 5.32 Å². The summed E-state index contributed by atoms with van der Waals surface area (Å²) in [6.07, 6.45) is -0.700. The Morgan fingerprint density at radius 2 is 1.51 bits per heavy atom.